The summed E-state index contributed by atoms with van der Waals surface area (Å²) in [5, 5.41) is 8.02. The fourth-order valence-corrected chi connectivity index (χ4v) is 2.18. The molecule has 0 spiro atoms. The molecule has 0 saturated heterocycles. The Kier molecular flexibility index (Phi) is 2.97. The molecular formula is C15H12ClN3. The van der Waals surface area contributed by atoms with Gasteiger partial charge in [-0.2, -0.15) is 5.10 Å². The van der Waals surface area contributed by atoms with Crippen molar-refractivity contribution in [2.45, 2.75) is 0 Å². The summed E-state index contributed by atoms with van der Waals surface area (Å²) in [6, 6.07) is 17.3. The maximum Gasteiger partial charge on any atom is 0.0927 e. The van der Waals surface area contributed by atoms with E-state index in [9.17, 15) is 0 Å². The van der Waals surface area contributed by atoms with E-state index in [-0.39, 0.29) is 0 Å². The number of aromatic nitrogens is 2. The van der Waals surface area contributed by atoms with Gasteiger partial charge in [-0.15, -0.1) is 0 Å². The van der Waals surface area contributed by atoms with Gasteiger partial charge in [0.1, 0.15) is 0 Å². The Labute approximate surface area is 116 Å². The quantitative estimate of drug-likeness (QED) is 0.692. The average molecular weight is 270 g/mol. The van der Waals surface area contributed by atoms with Crippen molar-refractivity contribution in [2.75, 3.05) is 5.73 Å². The molecular weight excluding hydrogens is 258 g/mol. The Morgan fingerprint density at radius 2 is 1.74 bits per heavy atom. The molecule has 0 radical (unpaired) electrons. The Hall–Kier alpha value is -2.26. The Morgan fingerprint density at radius 3 is 2.47 bits per heavy atom. The number of hydrogen-bond donors (Lipinski definition) is 2. The average Bonchev–Trinajstić information content (AvgIpc) is 2.89. The molecule has 94 valence electrons. The van der Waals surface area contributed by atoms with Crippen LogP contribution in [0.3, 0.4) is 0 Å². The molecule has 3 aromatic rings. The lowest BCUT2D eigenvalue weighted by Crippen LogP contribution is -1.83. The number of nitrogen functional groups attached to an aromatic ring is 1. The summed E-state index contributed by atoms with van der Waals surface area (Å²) in [4.78, 5) is 0. The largest absolute Gasteiger partial charge is 0.399 e. The van der Waals surface area contributed by atoms with Crippen LogP contribution in [-0.4, -0.2) is 10.2 Å². The van der Waals surface area contributed by atoms with Crippen LogP contribution >= 0.6 is 11.6 Å². The molecule has 3 rings (SSSR count). The number of halogens is 1. The van der Waals surface area contributed by atoms with Crippen molar-refractivity contribution < 1.29 is 0 Å². The Balaban J connectivity index is 2.00. The van der Waals surface area contributed by atoms with E-state index in [1.807, 2.05) is 54.6 Å². The highest BCUT2D eigenvalue weighted by molar-refractivity contribution is 6.33. The van der Waals surface area contributed by atoms with Gasteiger partial charge >= 0.3 is 0 Å². The number of hydrogen-bond acceptors (Lipinski definition) is 2. The van der Waals surface area contributed by atoms with Gasteiger partial charge < -0.3 is 5.73 Å². The third kappa shape index (κ3) is 2.33. The number of aromatic amines is 1. The van der Waals surface area contributed by atoms with Crippen LogP contribution in [-0.2, 0) is 0 Å². The topological polar surface area (TPSA) is 54.7 Å². The van der Waals surface area contributed by atoms with Crippen molar-refractivity contribution in [3.8, 4) is 22.5 Å². The number of H-pyrrole nitrogens is 1. The summed E-state index contributed by atoms with van der Waals surface area (Å²) in [5.74, 6) is 0. The van der Waals surface area contributed by atoms with Crippen LogP contribution in [0.1, 0.15) is 0 Å². The number of benzene rings is 2. The summed E-state index contributed by atoms with van der Waals surface area (Å²) in [7, 11) is 0. The second kappa shape index (κ2) is 4.78. The maximum atomic E-state index is 6.17. The Bertz CT molecular complexity index is 701. The van der Waals surface area contributed by atoms with Gasteiger partial charge in [0.2, 0.25) is 0 Å². The van der Waals surface area contributed by atoms with E-state index in [0.717, 1.165) is 28.2 Å². The SMILES string of the molecule is Nc1ccc(-c2cc(-c3ccccc3Cl)[nH]n2)cc1. The third-order valence-corrected chi connectivity index (χ3v) is 3.28. The zero-order chi connectivity index (χ0) is 13.2. The van der Waals surface area contributed by atoms with Gasteiger partial charge in [-0.3, -0.25) is 5.10 Å². The minimum absolute atomic E-state index is 0.704. The van der Waals surface area contributed by atoms with Crippen molar-refractivity contribution >= 4 is 17.3 Å². The van der Waals surface area contributed by atoms with E-state index in [1.165, 1.54) is 0 Å². The Morgan fingerprint density at radius 1 is 1.00 bits per heavy atom. The summed E-state index contributed by atoms with van der Waals surface area (Å²) in [6.07, 6.45) is 0. The highest BCUT2D eigenvalue weighted by atomic mass is 35.5. The smallest absolute Gasteiger partial charge is 0.0927 e. The predicted octanol–water partition coefficient (Wildman–Crippen LogP) is 3.98. The molecule has 0 saturated carbocycles. The standard InChI is InChI=1S/C15H12ClN3/c16-13-4-2-1-3-12(13)15-9-14(18-19-15)10-5-7-11(17)8-6-10/h1-9H,17H2,(H,18,19). The highest BCUT2D eigenvalue weighted by Gasteiger charge is 2.08. The van der Waals surface area contributed by atoms with Gasteiger partial charge in [-0.25, -0.2) is 0 Å². The van der Waals surface area contributed by atoms with Crippen molar-refractivity contribution in [3.05, 3.63) is 59.6 Å². The molecule has 0 atom stereocenters. The van der Waals surface area contributed by atoms with Gasteiger partial charge in [0.15, 0.2) is 0 Å². The second-order valence-corrected chi connectivity index (χ2v) is 4.68. The number of nitrogens with two attached hydrogens (primary N) is 1. The van der Waals surface area contributed by atoms with Crippen LogP contribution in [0.25, 0.3) is 22.5 Å². The van der Waals surface area contributed by atoms with Crippen LogP contribution in [0.5, 0.6) is 0 Å². The monoisotopic (exact) mass is 269 g/mol. The molecule has 3 nitrogen and oxygen atoms in total. The van der Waals surface area contributed by atoms with Crippen LogP contribution in [0.4, 0.5) is 5.69 Å². The zero-order valence-electron chi connectivity index (χ0n) is 10.1. The molecule has 2 aromatic carbocycles. The molecule has 0 aliphatic heterocycles. The summed E-state index contributed by atoms with van der Waals surface area (Å²) >= 11 is 6.17. The molecule has 19 heavy (non-hydrogen) atoms. The maximum absolute atomic E-state index is 6.17. The van der Waals surface area contributed by atoms with E-state index in [0.29, 0.717) is 5.02 Å². The number of rotatable bonds is 2. The van der Waals surface area contributed by atoms with Gasteiger partial charge in [0.25, 0.3) is 0 Å². The zero-order valence-corrected chi connectivity index (χ0v) is 10.9. The molecule has 0 bridgehead atoms. The molecule has 0 fully saturated rings. The molecule has 4 heteroatoms. The van der Waals surface area contributed by atoms with Gasteiger partial charge in [0.05, 0.1) is 11.4 Å². The van der Waals surface area contributed by atoms with E-state index in [2.05, 4.69) is 10.2 Å². The van der Waals surface area contributed by atoms with Crippen molar-refractivity contribution in [1.82, 2.24) is 10.2 Å². The summed E-state index contributed by atoms with van der Waals surface area (Å²) < 4.78 is 0. The van der Waals surface area contributed by atoms with E-state index < -0.39 is 0 Å². The van der Waals surface area contributed by atoms with Crippen LogP contribution in [0, 0.1) is 0 Å². The normalized spacial score (nSPS) is 10.6. The first-order chi connectivity index (χ1) is 9.24. The number of nitrogens with one attached hydrogen (secondary N) is 1. The highest BCUT2D eigenvalue weighted by Crippen LogP contribution is 2.29. The lowest BCUT2D eigenvalue weighted by atomic mass is 10.1. The van der Waals surface area contributed by atoms with Crippen molar-refractivity contribution in [2.24, 2.45) is 0 Å². The van der Waals surface area contributed by atoms with E-state index in [1.54, 1.807) is 0 Å². The first kappa shape index (κ1) is 11.8. The molecule has 0 amide bonds. The molecule has 3 N–H and O–H groups in total. The lowest BCUT2D eigenvalue weighted by Gasteiger charge is -1.99. The fourth-order valence-electron chi connectivity index (χ4n) is 1.94. The van der Waals surface area contributed by atoms with Crippen molar-refractivity contribution in [3.63, 3.8) is 0 Å². The molecule has 0 aliphatic rings. The lowest BCUT2D eigenvalue weighted by molar-refractivity contribution is 1.10. The van der Waals surface area contributed by atoms with Crippen LogP contribution < -0.4 is 5.73 Å². The third-order valence-electron chi connectivity index (χ3n) is 2.95. The number of nitrogens with zero attached hydrogens (tertiary/aromatic N) is 1. The van der Waals surface area contributed by atoms with E-state index >= 15 is 0 Å². The number of anilines is 1. The first-order valence-corrected chi connectivity index (χ1v) is 6.28. The van der Waals surface area contributed by atoms with Gasteiger partial charge in [-0.1, -0.05) is 41.9 Å². The second-order valence-electron chi connectivity index (χ2n) is 4.27. The van der Waals surface area contributed by atoms with E-state index in [4.69, 9.17) is 17.3 Å². The molecule has 1 aromatic heterocycles. The molecule has 0 unspecified atom stereocenters. The van der Waals surface area contributed by atoms with Crippen LogP contribution in [0.2, 0.25) is 5.02 Å². The van der Waals surface area contributed by atoms with Crippen LogP contribution in [0.15, 0.2) is 54.6 Å². The minimum atomic E-state index is 0.704. The first-order valence-electron chi connectivity index (χ1n) is 5.90. The van der Waals surface area contributed by atoms with Gasteiger partial charge in [-0.05, 0) is 24.3 Å². The summed E-state index contributed by atoms with van der Waals surface area (Å²) in [5.41, 5.74) is 10.1. The van der Waals surface area contributed by atoms with Gasteiger partial charge in [0, 0.05) is 21.8 Å². The fraction of sp³-hybridized carbons (Fsp3) is 0. The molecule has 0 aliphatic carbocycles. The molecule has 1 heterocycles. The van der Waals surface area contributed by atoms with Crippen molar-refractivity contribution in [1.29, 1.82) is 0 Å². The predicted molar refractivity (Wildman–Crippen MR) is 78.9 cm³/mol. The summed E-state index contributed by atoms with van der Waals surface area (Å²) in [6.45, 7) is 0. The minimum Gasteiger partial charge on any atom is -0.399 e.